The van der Waals surface area contributed by atoms with Gasteiger partial charge in [-0.05, 0) is 24.7 Å². The van der Waals surface area contributed by atoms with Gasteiger partial charge in [0.1, 0.15) is 6.61 Å². The molecule has 9 heteroatoms. The number of rotatable bonds is 36. The van der Waals surface area contributed by atoms with E-state index in [2.05, 4.69) is 32.2 Å². The maximum atomic E-state index is 12.3. The van der Waals surface area contributed by atoms with Gasteiger partial charge < -0.3 is 19.3 Å². The van der Waals surface area contributed by atoms with E-state index in [-0.39, 0.29) is 19.4 Å². The van der Waals surface area contributed by atoms with E-state index in [4.69, 9.17) is 19.3 Å². The van der Waals surface area contributed by atoms with Crippen LogP contribution in [0.3, 0.4) is 0 Å². The Morgan fingerprint density at radius 3 is 1.12 bits per heavy atom. The fourth-order valence-electron chi connectivity index (χ4n) is 5.98. The molecule has 48 heavy (non-hydrogen) atoms. The summed E-state index contributed by atoms with van der Waals surface area (Å²) in [7, 11) is -4.74. The molecule has 1 atom stereocenters. The Hall–Kier alpha value is -0.950. The molecule has 286 valence electrons. The van der Waals surface area contributed by atoms with Crippen LogP contribution in [0.4, 0.5) is 0 Å². The molecule has 0 bridgehead atoms. The van der Waals surface area contributed by atoms with Gasteiger partial charge in [-0.25, -0.2) is 4.57 Å². The second-order valence-corrected chi connectivity index (χ2v) is 16.2. The molecule has 0 heterocycles. The zero-order valence-corrected chi connectivity index (χ0v) is 32.6. The number of hydrogen-bond acceptors (Lipinski definition) is 6. The van der Waals surface area contributed by atoms with Crippen molar-refractivity contribution in [1.82, 2.24) is 0 Å². The maximum absolute atomic E-state index is 12.3. The number of carbonyl (C=O) groups excluding carboxylic acids is 2. The molecule has 0 amide bonds. The summed E-state index contributed by atoms with van der Waals surface area (Å²) in [6.07, 6.45) is 31.3. The van der Waals surface area contributed by atoms with E-state index in [1.54, 1.807) is 0 Å². The monoisotopic (exact) mass is 705 g/mol. The van der Waals surface area contributed by atoms with E-state index in [1.807, 2.05) is 0 Å². The van der Waals surface area contributed by atoms with E-state index in [9.17, 15) is 14.2 Å². The number of hydrogen-bond donors (Lipinski definition) is 2. The molecular weight excluding hydrogens is 627 g/mol. The summed E-state index contributed by atoms with van der Waals surface area (Å²) < 4.78 is 26.3. The van der Waals surface area contributed by atoms with Gasteiger partial charge >= 0.3 is 19.8 Å². The molecule has 0 spiro atoms. The SMILES string of the molecule is CC(C)CCCCCCCCCCCCCCCCCCC(=O)OC[C@H](COP(=O)(O)O)OC(=O)CCCCCCCCCCC(C)C. The quantitative estimate of drug-likeness (QED) is 0.0376. The predicted molar refractivity (Wildman–Crippen MR) is 198 cm³/mol. The lowest BCUT2D eigenvalue weighted by Crippen LogP contribution is -2.29. The molecule has 0 aromatic rings. The van der Waals surface area contributed by atoms with Crippen molar-refractivity contribution in [3.63, 3.8) is 0 Å². The molecule has 0 unspecified atom stereocenters. The van der Waals surface area contributed by atoms with Gasteiger partial charge in [-0.2, -0.15) is 0 Å². The Morgan fingerprint density at radius 2 is 0.792 bits per heavy atom. The van der Waals surface area contributed by atoms with Crippen molar-refractivity contribution in [1.29, 1.82) is 0 Å². The van der Waals surface area contributed by atoms with E-state index in [0.717, 1.165) is 50.4 Å². The lowest BCUT2D eigenvalue weighted by atomic mass is 10.0. The Balaban J connectivity index is 3.84. The van der Waals surface area contributed by atoms with Gasteiger partial charge in [0.25, 0.3) is 0 Å². The van der Waals surface area contributed by atoms with E-state index >= 15 is 0 Å². The normalized spacial score (nSPS) is 12.6. The topological polar surface area (TPSA) is 119 Å². The Bertz CT molecular complexity index is 782. The van der Waals surface area contributed by atoms with Crippen molar-refractivity contribution < 1.29 is 37.9 Å². The van der Waals surface area contributed by atoms with Gasteiger partial charge in [-0.15, -0.1) is 0 Å². The van der Waals surface area contributed by atoms with Gasteiger partial charge in [0.2, 0.25) is 0 Å². The lowest BCUT2D eigenvalue weighted by molar-refractivity contribution is -0.161. The largest absolute Gasteiger partial charge is 0.469 e. The van der Waals surface area contributed by atoms with Crippen molar-refractivity contribution in [2.24, 2.45) is 11.8 Å². The minimum absolute atomic E-state index is 0.216. The summed E-state index contributed by atoms with van der Waals surface area (Å²) in [5.74, 6) is 0.739. The van der Waals surface area contributed by atoms with Crippen LogP contribution in [0, 0.1) is 11.8 Å². The van der Waals surface area contributed by atoms with Crippen molar-refractivity contribution in [3.8, 4) is 0 Å². The standard InChI is InChI=1S/C39H77O8P/c1-35(2)29-25-21-17-13-11-9-7-5-6-8-10-12-14-19-23-27-31-38(40)45-33-37(34-46-48(42,43)44)47-39(41)32-28-24-20-16-15-18-22-26-30-36(3)4/h35-37H,5-34H2,1-4H3,(H2,42,43,44)/t37-/m1/s1. The minimum atomic E-state index is -4.74. The van der Waals surface area contributed by atoms with Crippen LogP contribution in [-0.4, -0.2) is 41.0 Å². The summed E-state index contributed by atoms with van der Waals surface area (Å²) in [5.41, 5.74) is 0. The highest BCUT2D eigenvalue weighted by molar-refractivity contribution is 7.46. The van der Waals surface area contributed by atoms with E-state index in [0.29, 0.717) is 6.42 Å². The molecule has 0 aromatic carbocycles. The van der Waals surface area contributed by atoms with Gasteiger partial charge in [-0.1, -0.05) is 182 Å². The molecule has 0 radical (unpaired) electrons. The molecular formula is C39H77O8P. The van der Waals surface area contributed by atoms with Crippen LogP contribution in [0.15, 0.2) is 0 Å². The molecule has 0 fully saturated rings. The molecule has 0 aliphatic rings. The molecule has 0 aliphatic heterocycles. The summed E-state index contributed by atoms with van der Waals surface area (Å²) in [6, 6.07) is 0. The second-order valence-electron chi connectivity index (χ2n) is 14.9. The summed E-state index contributed by atoms with van der Waals surface area (Å²) in [4.78, 5) is 42.7. The van der Waals surface area contributed by atoms with Crippen molar-refractivity contribution >= 4 is 19.8 Å². The number of unbranched alkanes of at least 4 members (excludes halogenated alkanes) is 22. The fraction of sp³-hybridized carbons (Fsp3) is 0.949. The first kappa shape index (κ1) is 47.0. The minimum Gasteiger partial charge on any atom is -0.462 e. The average Bonchev–Trinajstić information content (AvgIpc) is 3.01. The highest BCUT2D eigenvalue weighted by Crippen LogP contribution is 2.36. The molecule has 2 N–H and O–H groups in total. The first-order valence-electron chi connectivity index (χ1n) is 20.0. The third-order valence-electron chi connectivity index (χ3n) is 8.98. The van der Waals surface area contributed by atoms with Gasteiger partial charge in [-0.3, -0.25) is 14.1 Å². The first-order valence-corrected chi connectivity index (χ1v) is 21.6. The Morgan fingerprint density at radius 1 is 0.479 bits per heavy atom. The van der Waals surface area contributed by atoms with Gasteiger partial charge in [0.05, 0.1) is 6.61 Å². The van der Waals surface area contributed by atoms with Crippen LogP contribution in [-0.2, 0) is 28.2 Å². The van der Waals surface area contributed by atoms with Crippen LogP contribution in [0.1, 0.15) is 207 Å². The number of carbonyl (C=O) groups is 2. The van der Waals surface area contributed by atoms with Crippen LogP contribution in [0.25, 0.3) is 0 Å². The average molecular weight is 705 g/mol. The summed E-state index contributed by atoms with van der Waals surface area (Å²) in [6.45, 7) is 8.33. The van der Waals surface area contributed by atoms with E-state index < -0.39 is 32.5 Å². The summed E-state index contributed by atoms with van der Waals surface area (Å²) in [5, 5.41) is 0. The second kappa shape index (κ2) is 33.2. The molecule has 0 rings (SSSR count). The van der Waals surface area contributed by atoms with Crippen molar-refractivity contribution in [2.45, 2.75) is 214 Å². The van der Waals surface area contributed by atoms with Crippen LogP contribution < -0.4 is 0 Å². The highest BCUT2D eigenvalue weighted by atomic mass is 31.2. The fourth-order valence-corrected chi connectivity index (χ4v) is 6.34. The van der Waals surface area contributed by atoms with Crippen molar-refractivity contribution in [3.05, 3.63) is 0 Å². The van der Waals surface area contributed by atoms with E-state index in [1.165, 1.54) is 122 Å². The number of phosphoric ester groups is 1. The van der Waals surface area contributed by atoms with Crippen LogP contribution in [0.2, 0.25) is 0 Å². The number of esters is 2. The molecule has 8 nitrogen and oxygen atoms in total. The zero-order chi connectivity index (χ0) is 35.7. The lowest BCUT2D eigenvalue weighted by Gasteiger charge is -2.18. The molecule has 0 aliphatic carbocycles. The van der Waals surface area contributed by atoms with Gasteiger partial charge in [0, 0.05) is 12.8 Å². The van der Waals surface area contributed by atoms with Crippen LogP contribution >= 0.6 is 7.82 Å². The Kier molecular flexibility index (Phi) is 32.6. The first-order chi connectivity index (χ1) is 23.0. The summed E-state index contributed by atoms with van der Waals surface area (Å²) >= 11 is 0. The molecule has 0 saturated heterocycles. The number of phosphoric acid groups is 1. The van der Waals surface area contributed by atoms with Crippen molar-refractivity contribution in [2.75, 3.05) is 13.2 Å². The van der Waals surface area contributed by atoms with Crippen LogP contribution in [0.5, 0.6) is 0 Å². The number of ether oxygens (including phenoxy) is 2. The smallest absolute Gasteiger partial charge is 0.462 e. The highest BCUT2D eigenvalue weighted by Gasteiger charge is 2.22. The predicted octanol–water partition coefficient (Wildman–Crippen LogP) is 11.8. The third kappa shape index (κ3) is 37.9. The maximum Gasteiger partial charge on any atom is 0.469 e. The molecule has 0 aromatic heterocycles. The Labute approximate surface area is 295 Å². The zero-order valence-electron chi connectivity index (χ0n) is 31.7. The van der Waals surface area contributed by atoms with Gasteiger partial charge in [0.15, 0.2) is 6.10 Å². The molecule has 0 saturated carbocycles. The third-order valence-corrected chi connectivity index (χ3v) is 9.47.